The van der Waals surface area contributed by atoms with Crippen LogP contribution in [0.3, 0.4) is 0 Å². The summed E-state index contributed by atoms with van der Waals surface area (Å²) in [7, 11) is 1.66. The Morgan fingerprint density at radius 3 is 2.60 bits per heavy atom. The summed E-state index contributed by atoms with van der Waals surface area (Å²) >= 11 is 11.8. The molecule has 15 heavy (non-hydrogen) atoms. The number of benzene rings is 1. The van der Waals surface area contributed by atoms with Crippen LogP contribution in [0.25, 0.3) is 0 Å². The standard InChI is InChI=1S/C11H15Cl2NO/c1-7-4-10(15-3)9(5-14-6-12)8(2)11(7)13/h4,14H,5-6H2,1-3H3. The maximum Gasteiger partial charge on any atom is 0.123 e. The number of rotatable bonds is 4. The van der Waals surface area contributed by atoms with Crippen molar-refractivity contribution >= 4 is 23.2 Å². The second-order valence-corrected chi connectivity index (χ2v) is 4.02. The first kappa shape index (κ1) is 12.6. The summed E-state index contributed by atoms with van der Waals surface area (Å²) in [6.07, 6.45) is 0. The lowest BCUT2D eigenvalue weighted by atomic mass is 10.0. The Labute approximate surface area is 101 Å². The quantitative estimate of drug-likeness (QED) is 0.652. The van der Waals surface area contributed by atoms with Crippen LogP contribution in [-0.2, 0) is 6.54 Å². The number of nitrogens with one attached hydrogen (secondary N) is 1. The summed E-state index contributed by atoms with van der Waals surface area (Å²) in [6, 6.07) is 2.36. The molecule has 1 N–H and O–H groups in total. The third kappa shape index (κ3) is 2.77. The van der Waals surface area contributed by atoms with E-state index in [2.05, 4.69) is 5.32 Å². The lowest BCUT2D eigenvalue weighted by Gasteiger charge is -2.15. The predicted molar refractivity (Wildman–Crippen MR) is 65.0 cm³/mol. The van der Waals surface area contributed by atoms with Crippen molar-refractivity contribution in [2.45, 2.75) is 20.4 Å². The number of hydrogen-bond donors (Lipinski definition) is 1. The monoisotopic (exact) mass is 247 g/mol. The number of methoxy groups -OCH3 is 1. The molecule has 1 rings (SSSR count). The minimum Gasteiger partial charge on any atom is -0.496 e. The average Bonchev–Trinajstić information content (AvgIpc) is 2.24. The summed E-state index contributed by atoms with van der Waals surface area (Å²) in [5.41, 5.74) is 3.14. The zero-order valence-corrected chi connectivity index (χ0v) is 10.7. The first-order valence-corrected chi connectivity index (χ1v) is 5.62. The molecule has 84 valence electrons. The number of ether oxygens (including phenoxy) is 1. The number of aryl methyl sites for hydroxylation is 1. The molecule has 0 aliphatic carbocycles. The molecule has 0 amide bonds. The van der Waals surface area contributed by atoms with Gasteiger partial charge in [-0.2, -0.15) is 0 Å². The minimum atomic E-state index is 0.411. The Hall–Kier alpha value is -0.440. The van der Waals surface area contributed by atoms with Gasteiger partial charge in [0.25, 0.3) is 0 Å². The molecular weight excluding hydrogens is 233 g/mol. The van der Waals surface area contributed by atoms with Crippen molar-refractivity contribution < 1.29 is 4.74 Å². The fourth-order valence-corrected chi connectivity index (χ4v) is 1.80. The van der Waals surface area contributed by atoms with E-state index in [-0.39, 0.29) is 0 Å². The summed E-state index contributed by atoms with van der Waals surface area (Å²) in [5, 5.41) is 3.85. The van der Waals surface area contributed by atoms with Gasteiger partial charge < -0.3 is 4.74 Å². The maximum absolute atomic E-state index is 6.17. The van der Waals surface area contributed by atoms with Gasteiger partial charge >= 0.3 is 0 Å². The molecule has 0 fully saturated rings. The minimum absolute atomic E-state index is 0.411. The van der Waals surface area contributed by atoms with E-state index in [9.17, 15) is 0 Å². The zero-order valence-electron chi connectivity index (χ0n) is 9.16. The molecule has 0 bridgehead atoms. The highest BCUT2D eigenvalue weighted by Gasteiger charge is 2.11. The topological polar surface area (TPSA) is 21.3 Å². The Morgan fingerprint density at radius 2 is 2.07 bits per heavy atom. The van der Waals surface area contributed by atoms with Crippen LogP contribution in [0.2, 0.25) is 5.02 Å². The molecule has 1 aromatic rings. The van der Waals surface area contributed by atoms with Gasteiger partial charge in [0, 0.05) is 17.1 Å². The molecule has 0 saturated heterocycles. The summed E-state index contributed by atoms with van der Waals surface area (Å²) in [4.78, 5) is 0. The van der Waals surface area contributed by atoms with E-state index in [1.165, 1.54) is 0 Å². The van der Waals surface area contributed by atoms with Gasteiger partial charge in [0.2, 0.25) is 0 Å². The molecule has 0 radical (unpaired) electrons. The van der Waals surface area contributed by atoms with Crippen molar-refractivity contribution in [3.8, 4) is 5.75 Å². The molecule has 2 nitrogen and oxygen atoms in total. The first-order valence-electron chi connectivity index (χ1n) is 4.71. The molecule has 0 aliphatic rings. The van der Waals surface area contributed by atoms with Crippen LogP contribution >= 0.6 is 23.2 Å². The molecular formula is C11H15Cl2NO. The second-order valence-electron chi connectivity index (χ2n) is 3.37. The summed E-state index contributed by atoms with van der Waals surface area (Å²) in [5.74, 6) is 0.854. The lowest BCUT2D eigenvalue weighted by molar-refractivity contribution is 0.407. The van der Waals surface area contributed by atoms with Gasteiger partial charge in [-0.1, -0.05) is 11.6 Å². The van der Waals surface area contributed by atoms with Gasteiger partial charge in [-0.15, -0.1) is 11.6 Å². The zero-order chi connectivity index (χ0) is 11.4. The van der Waals surface area contributed by atoms with Crippen LogP contribution in [0.5, 0.6) is 5.75 Å². The van der Waals surface area contributed by atoms with Gasteiger partial charge in [-0.25, -0.2) is 0 Å². The van der Waals surface area contributed by atoms with Crippen LogP contribution in [0.15, 0.2) is 6.07 Å². The van der Waals surface area contributed by atoms with E-state index in [1.807, 2.05) is 19.9 Å². The molecule has 0 aliphatic heterocycles. The first-order chi connectivity index (χ1) is 7.11. The van der Waals surface area contributed by atoms with Crippen LogP contribution in [0.4, 0.5) is 0 Å². The highest BCUT2D eigenvalue weighted by molar-refractivity contribution is 6.32. The van der Waals surface area contributed by atoms with Gasteiger partial charge in [0.1, 0.15) is 5.75 Å². The average molecular weight is 248 g/mol. The number of halogens is 2. The molecule has 0 heterocycles. The maximum atomic E-state index is 6.17. The SMILES string of the molecule is COc1cc(C)c(Cl)c(C)c1CNCCl. The molecule has 1 aromatic carbocycles. The lowest BCUT2D eigenvalue weighted by Crippen LogP contribution is -2.12. The van der Waals surface area contributed by atoms with E-state index < -0.39 is 0 Å². The van der Waals surface area contributed by atoms with Gasteiger partial charge in [0.05, 0.1) is 13.1 Å². The molecule has 4 heteroatoms. The molecule has 0 unspecified atom stereocenters. The van der Waals surface area contributed by atoms with E-state index in [1.54, 1.807) is 7.11 Å². The van der Waals surface area contributed by atoms with E-state index in [0.29, 0.717) is 12.5 Å². The van der Waals surface area contributed by atoms with Crippen LogP contribution < -0.4 is 10.1 Å². The molecule has 0 spiro atoms. The van der Waals surface area contributed by atoms with Crippen LogP contribution in [-0.4, -0.2) is 13.1 Å². The Bertz CT molecular complexity index is 353. The van der Waals surface area contributed by atoms with Crippen molar-refractivity contribution in [3.05, 3.63) is 27.8 Å². The molecule has 0 saturated carbocycles. The Kier molecular flexibility index (Phi) is 4.71. The van der Waals surface area contributed by atoms with Gasteiger partial charge in [-0.3, -0.25) is 5.32 Å². The number of hydrogen-bond acceptors (Lipinski definition) is 2. The van der Waals surface area contributed by atoms with Crippen molar-refractivity contribution in [2.75, 3.05) is 13.1 Å². The molecule has 0 aromatic heterocycles. The smallest absolute Gasteiger partial charge is 0.123 e. The second kappa shape index (κ2) is 5.59. The van der Waals surface area contributed by atoms with Gasteiger partial charge in [0.15, 0.2) is 0 Å². The highest BCUT2D eigenvalue weighted by Crippen LogP contribution is 2.31. The third-order valence-electron chi connectivity index (χ3n) is 2.39. The number of alkyl halides is 1. The van der Waals surface area contributed by atoms with E-state index in [0.717, 1.165) is 27.5 Å². The molecule has 0 atom stereocenters. The largest absolute Gasteiger partial charge is 0.496 e. The Balaban J connectivity index is 3.15. The van der Waals surface area contributed by atoms with E-state index in [4.69, 9.17) is 27.9 Å². The predicted octanol–water partition coefficient (Wildman–Crippen LogP) is 3.25. The summed E-state index contributed by atoms with van der Waals surface area (Å²) < 4.78 is 5.32. The van der Waals surface area contributed by atoms with Crippen molar-refractivity contribution in [3.63, 3.8) is 0 Å². The van der Waals surface area contributed by atoms with Crippen LogP contribution in [0.1, 0.15) is 16.7 Å². The normalized spacial score (nSPS) is 10.5. The third-order valence-corrected chi connectivity index (χ3v) is 3.16. The highest BCUT2D eigenvalue weighted by atomic mass is 35.5. The van der Waals surface area contributed by atoms with Crippen molar-refractivity contribution in [1.82, 2.24) is 5.32 Å². The van der Waals surface area contributed by atoms with Crippen LogP contribution in [0, 0.1) is 13.8 Å². The summed E-state index contributed by atoms with van der Waals surface area (Å²) in [6.45, 7) is 4.62. The van der Waals surface area contributed by atoms with Gasteiger partial charge in [-0.05, 0) is 31.0 Å². The van der Waals surface area contributed by atoms with E-state index >= 15 is 0 Å². The fourth-order valence-electron chi connectivity index (χ4n) is 1.53. The van der Waals surface area contributed by atoms with Crippen molar-refractivity contribution in [2.24, 2.45) is 0 Å². The fraction of sp³-hybridized carbons (Fsp3) is 0.455. The Morgan fingerprint density at radius 1 is 1.40 bits per heavy atom. The van der Waals surface area contributed by atoms with Crippen molar-refractivity contribution in [1.29, 1.82) is 0 Å².